The van der Waals surface area contributed by atoms with Crippen molar-refractivity contribution < 1.29 is 157 Å². The third-order valence-electron chi connectivity index (χ3n) is 17.1. The van der Waals surface area contributed by atoms with Crippen molar-refractivity contribution in [2.24, 2.45) is 22.9 Å². The normalized spacial score (nSPS) is 23.4. The van der Waals surface area contributed by atoms with E-state index in [9.17, 15) is 71.9 Å². The van der Waals surface area contributed by atoms with Crippen molar-refractivity contribution in [3.05, 3.63) is 0 Å². The molecule has 0 bridgehead atoms. The minimum Gasteiger partial charge on any atom is -0.463 e. The molecule has 0 aromatic carbocycles. The molecule has 0 radical (unpaired) electrons. The van der Waals surface area contributed by atoms with Gasteiger partial charge < -0.3 is 140 Å². The van der Waals surface area contributed by atoms with E-state index in [1.165, 1.54) is 20.8 Å². The molecule has 3 aliphatic rings. The van der Waals surface area contributed by atoms with Crippen LogP contribution >= 0.6 is 0 Å². The smallest absolute Gasteiger partial charge is 0.303 e. The lowest BCUT2D eigenvalue weighted by atomic mass is 9.97. The number of carbonyl (C=O) groups excluding carboxylic acids is 15. The van der Waals surface area contributed by atoms with E-state index in [1.54, 1.807) is 0 Å². The van der Waals surface area contributed by atoms with E-state index in [0.717, 1.165) is 41.5 Å². The van der Waals surface area contributed by atoms with Gasteiger partial charge in [-0.05, 0) is 57.8 Å². The van der Waals surface area contributed by atoms with Gasteiger partial charge in [0.15, 0.2) is 55.5 Å². The molecule has 3 heterocycles. The molecule has 662 valence electrons. The molecule has 15 atom stereocenters. The van der Waals surface area contributed by atoms with Gasteiger partial charge in [0.2, 0.25) is 35.4 Å². The van der Waals surface area contributed by atoms with Gasteiger partial charge in [-0.1, -0.05) is 0 Å². The lowest BCUT2D eigenvalue weighted by Gasteiger charge is -2.43. The van der Waals surface area contributed by atoms with Crippen molar-refractivity contribution in [3.63, 3.8) is 0 Å². The van der Waals surface area contributed by atoms with E-state index in [0.29, 0.717) is 57.8 Å². The summed E-state index contributed by atoms with van der Waals surface area (Å²) in [7, 11) is 0. The zero-order valence-electron chi connectivity index (χ0n) is 67.8. The molecule has 3 aliphatic heterocycles. The van der Waals surface area contributed by atoms with Gasteiger partial charge in [-0.3, -0.25) is 71.9 Å². The van der Waals surface area contributed by atoms with E-state index in [-0.39, 0.29) is 193 Å². The number of carbonyl (C=O) groups is 15. The first-order chi connectivity index (χ1) is 55.1. The Morgan fingerprint density at radius 2 is 0.500 bits per heavy atom. The summed E-state index contributed by atoms with van der Waals surface area (Å²) < 4.78 is 100. The summed E-state index contributed by atoms with van der Waals surface area (Å²) in [6.07, 6.45) is -9.94. The summed E-state index contributed by atoms with van der Waals surface area (Å²) in [5, 5.41) is 16.7. The third kappa shape index (κ3) is 43.7. The molecule has 0 aromatic heterocycles. The largest absolute Gasteiger partial charge is 0.463 e. The zero-order chi connectivity index (χ0) is 86.1. The maximum absolute atomic E-state index is 12.8. The molecule has 3 fully saturated rings. The lowest BCUT2D eigenvalue weighted by molar-refractivity contribution is -0.274. The molecule has 0 spiro atoms. The third-order valence-corrected chi connectivity index (χ3v) is 17.1. The van der Waals surface area contributed by atoms with Crippen LogP contribution in [0.25, 0.3) is 0 Å². The van der Waals surface area contributed by atoms with Crippen LogP contribution < -0.4 is 54.8 Å². The van der Waals surface area contributed by atoms with Crippen LogP contribution in [0.2, 0.25) is 0 Å². The minimum absolute atomic E-state index is 0.0605. The highest BCUT2D eigenvalue weighted by Crippen LogP contribution is 2.30. The summed E-state index contributed by atoms with van der Waals surface area (Å²) in [6, 6.07) is -3.27. The molecule has 3 saturated heterocycles. The summed E-state index contributed by atoms with van der Waals surface area (Å²) in [4.78, 5) is 182. The fourth-order valence-corrected chi connectivity index (χ4v) is 11.6. The maximum atomic E-state index is 12.8. The van der Waals surface area contributed by atoms with E-state index in [4.69, 9.17) is 108 Å². The predicted octanol–water partition coefficient (Wildman–Crippen LogP) is -3.23. The molecule has 43 nitrogen and oxygen atoms in total. The Kier molecular flexibility index (Phi) is 49.8. The second-order valence-corrected chi connectivity index (χ2v) is 27.6. The number of unbranched alkanes of at least 4 members (excludes halogenated alkanes) is 3. The van der Waals surface area contributed by atoms with Gasteiger partial charge >= 0.3 is 53.7 Å². The van der Waals surface area contributed by atoms with Crippen LogP contribution in [0, 0.1) is 0 Å². The average molecular weight is 1670 g/mol. The predicted molar refractivity (Wildman–Crippen MR) is 398 cm³/mol. The number of ether oxygens (including phenoxy) is 18. The number of esters is 9. The topological polar surface area (TPSA) is 598 Å². The highest BCUT2D eigenvalue weighted by Gasteiger charge is 2.52. The van der Waals surface area contributed by atoms with Crippen molar-refractivity contribution >= 4 is 89.2 Å². The van der Waals surface area contributed by atoms with Gasteiger partial charge in [-0.2, -0.15) is 0 Å². The molecule has 15 unspecified atom stereocenters. The van der Waals surface area contributed by atoms with Gasteiger partial charge in [0, 0.05) is 160 Å². The average Bonchev–Trinajstić information content (AvgIpc) is 0.807. The molecule has 6 amide bonds. The Labute approximate surface area is 673 Å². The lowest BCUT2D eigenvalue weighted by Crippen LogP contribution is -2.64. The van der Waals surface area contributed by atoms with E-state index < -0.39 is 151 Å². The van der Waals surface area contributed by atoms with Gasteiger partial charge in [0.25, 0.3) is 0 Å². The Bertz CT molecular complexity index is 2790. The Balaban J connectivity index is 1.41. The van der Waals surface area contributed by atoms with Crippen LogP contribution in [-0.2, 0) is 157 Å². The summed E-state index contributed by atoms with van der Waals surface area (Å²) >= 11 is 0. The molecular formula is C73H122N10O33. The summed E-state index contributed by atoms with van der Waals surface area (Å²) in [5.74, 6) is -7.91. The SMILES string of the molecule is CC(=O)OCC1OC(OCCCCC(=O)NCCCNC(=O)CCOCC(N)(COCCC(=O)NCCCNC(=O)CCCCOC2OC(COC(C)=O)C(OC(C)=O)C(OC(C)=O)C2N)COCCC(=O)NCCCNC(=O)CCCCOC2OC(COC(C)=O)C(OC(C)=O)C(OC(C)=O)C2N)C(N)C(OC(C)=O)C1OC(C)=O. The first kappa shape index (κ1) is 102. The molecule has 116 heavy (non-hydrogen) atoms. The van der Waals surface area contributed by atoms with Crippen molar-refractivity contribution in [1.82, 2.24) is 31.9 Å². The van der Waals surface area contributed by atoms with Crippen molar-refractivity contribution in [2.45, 2.75) is 256 Å². The zero-order valence-corrected chi connectivity index (χ0v) is 67.8. The Hall–Kier alpha value is -8.47. The second kappa shape index (κ2) is 56.8. The molecule has 3 rings (SSSR count). The van der Waals surface area contributed by atoms with Crippen LogP contribution in [0.1, 0.15) is 159 Å². The van der Waals surface area contributed by atoms with Gasteiger partial charge in [0.05, 0.1) is 63.3 Å². The van der Waals surface area contributed by atoms with Crippen LogP contribution in [-0.4, -0.2) is 305 Å². The monoisotopic (exact) mass is 1670 g/mol. The standard InChI is InChI=1S/C73H122N10O33/c1-43(84)105-37-52-64(108-46(4)87)67(111-49(7)90)61(74)70(114-52)102-31-13-10-19-55(93)78-25-16-28-81-58(96)22-34-99-40-73(77,41-100-35-23-59(97)82-29-17-26-79-56(94)20-11-14-32-103-71-62(75)68(112-50(8)91)65(109-47(5)88)53(115-71)38-106-44(2)85)42-101-36-24-60(98)83-30-18-27-80-57(95)21-12-15-33-104-72-63(76)69(113-51(9)92)66(110-48(6)89)54(116-72)39-107-45(3)86/h52-54,61-72H,10-42,74-77H2,1-9H3,(H,78,93)(H,79,94)(H,80,95)(H,81,96)(H,82,97)(H,83,98). The van der Waals surface area contributed by atoms with Crippen molar-refractivity contribution in [2.75, 3.05) is 119 Å². The highest BCUT2D eigenvalue weighted by molar-refractivity contribution is 5.78. The minimum atomic E-state index is -1.32. The van der Waals surface area contributed by atoms with Crippen molar-refractivity contribution in [1.29, 1.82) is 0 Å². The van der Waals surface area contributed by atoms with E-state index in [1.807, 2.05) is 0 Å². The second-order valence-electron chi connectivity index (χ2n) is 27.6. The fourth-order valence-electron chi connectivity index (χ4n) is 11.6. The molecular weight excluding hydrogens is 1540 g/mol. The maximum Gasteiger partial charge on any atom is 0.303 e. The van der Waals surface area contributed by atoms with Crippen LogP contribution in [0.4, 0.5) is 0 Å². The van der Waals surface area contributed by atoms with E-state index >= 15 is 0 Å². The summed E-state index contributed by atoms with van der Waals surface area (Å²) in [5.41, 5.74) is 24.4. The number of amides is 6. The Morgan fingerprint density at radius 1 is 0.284 bits per heavy atom. The van der Waals surface area contributed by atoms with Crippen LogP contribution in [0.15, 0.2) is 0 Å². The number of hydrogen-bond acceptors (Lipinski definition) is 37. The van der Waals surface area contributed by atoms with Crippen LogP contribution in [0.3, 0.4) is 0 Å². The van der Waals surface area contributed by atoms with Crippen molar-refractivity contribution in [3.8, 4) is 0 Å². The first-order valence-electron chi connectivity index (χ1n) is 38.7. The number of rotatable bonds is 57. The first-order valence-corrected chi connectivity index (χ1v) is 38.7. The molecule has 0 saturated carbocycles. The molecule has 43 heteroatoms. The Morgan fingerprint density at radius 3 is 0.716 bits per heavy atom. The molecule has 0 aliphatic carbocycles. The summed E-state index contributed by atoms with van der Waals surface area (Å²) in [6.45, 7) is 10.4. The molecule has 0 aromatic rings. The van der Waals surface area contributed by atoms with Gasteiger partial charge in [-0.15, -0.1) is 0 Å². The van der Waals surface area contributed by atoms with Gasteiger partial charge in [0.1, 0.15) is 38.1 Å². The molecule has 14 N–H and O–H groups in total. The number of nitrogens with two attached hydrogens (primary N) is 4. The van der Waals surface area contributed by atoms with Crippen LogP contribution in [0.5, 0.6) is 0 Å². The quantitative estimate of drug-likeness (QED) is 0.0163. The fraction of sp³-hybridized carbons (Fsp3) is 0.795. The number of hydrogen-bond donors (Lipinski definition) is 10. The highest BCUT2D eigenvalue weighted by atomic mass is 16.7. The van der Waals surface area contributed by atoms with E-state index in [2.05, 4.69) is 31.9 Å². The van der Waals surface area contributed by atoms with Gasteiger partial charge in [-0.25, -0.2) is 0 Å². The number of nitrogens with one attached hydrogen (secondary N) is 6.